The van der Waals surface area contributed by atoms with E-state index in [0.717, 1.165) is 77.8 Å². The predicted molar refractivity (Wildman–Crippen MR) is 139 cm³/mol. The van der Waals surface area contributed by atoms with Gasteiger partial charge in [0.15, 0.2) is 0 Å². The van der Waals surface area contributed by atoms with E-state index in [0.29, 0.717) is 12.6 Å². The Morgan fingerprint density at radius 1 is 1.06 bits per heavy atom. The molecule has 35 heavy (non-hydrogen) atoms. The fourth-order valence-corrected chi connectivity index (χ4v) is 5.59. The van der Waals surface area contributed by atoms with E-state index in [-0.39, 0.29) is 11.7 Å². The summed E-state index contributed by atoms with van der Waals surface area (Å²) >= 11 is 0. The normalized spacial score (nSPS) is 21.0. The summed E-state index contributed by atoms with van der Waals surface area (Å²) in [6.45, 7) is 3.37. The SMILES string of the molecule is CN(C)[C@H]1CCN(c2ccc(-c3ccc4ncc5c(c4c3)n([C@H]3CCCOC3)c(=O)n5C)cn2)C1. The highest BCUT2D eigenvalue weighted by Crippen LogP contribution is 2.32. The molecule has 0 aliphatic carbocycles. The van der Waals surface area contributed by atoms with Crippen LogP contribution in [0, 0.1) is 0 Å². The van der Waals surface area contributed by atoms with Gasteiger partial charge < -0.3 is 14.5 Å². The van der Waals surface area contributed by atoms with Crippen molar-refractivity contribution in [1.82, 2.24) is 24.0 Å². The Balaban J connectivity index is 1.40. The number of likely N-dealkylation sites (N-methyl/N-ethyl adjacent to an activating group) is 1. The Bertz CT molecular complexity index is 1430. The molecule has 1 aromatic carbocycles. The Hall–Kier alpha value is -3.23. The highest BCUT2D eigenvalue weighted by Gasteiger charge is 2.25. The van der Waals surface area contributed by atoms with Crippen LogP contribution in [0.25, 0.3) is 33.1 Å². The number of fused-ring (bicyclic) bond motifs is 3. The molecule has 0 bridgehead atoms. The maximum absolute atomic E-state index is 13.2. The van der Waals surface area contributed by atoms with Crippen LogP contribution in [0.2, 0.25) is 0 Å². The second kappa shape index (κ2) is 8.77. The number of anilines is 1. The first-order chi connectivity index (χ1) is 17.0. The van der Waals surface area contributed by atoms with Crippen LogP contribution in [0.3, 0.4) is 0 Å². The summed E-state index contributed by atoms with van der Waals surface area (Å²) < 4.78 is 9.36. The van der Waals surface area contributed by atoms with Crippen molar-refractivity contribution in [3.05, 3.63) is 53.2 Å². The van der Waals surface area contributed by atoms with E-state index in [1.807, 2.05) is 30.1 Å². The molecule has 3 aromatic heterocycles. The molecule has 0 saturated carbocycles. The number of hydrogen-bond donors (Lipinski definition) is 0. The van der Waals surface area contributed by atoms with Gasteiger partial charge in [0.2, 0.25) is 0 Å². The molecule has 2 saturated heterocycles. The van der Waals surface area contributed by atoms with Gasteiger partial charge >= 0.3 is 5.69 Å². The number of aryl methyl sites for hydroxylation is 1. The molecule has 6 rings (SSSR count). The molecule has 2 atom stereocenters. The van der Waals surface area contributed by atoms with Crippen molar-refractivity contribution in [2.75, 3.05) is 45.3 Å². The highest BCUT2D eigenvalue weighted by molar-refractivity contribution is 6.04. The first-order valence-electron chi connectivity index (χ1n) is 12.5. The van der Waals surface area contributed by atoms with E-state index < -0.39 is 0 Å². The average Bonchev–Trinajstić information content (AvgIpc) is 3.48. The standard InChI is InChI=1S/C27H32N6O2/c1-30(2)20-10-11-32(16-20)25-9-7-19(14-29-25)18-6-8-23-22(13-18)26-24(15-28-23)31(3)27(34)33(26)21-5-4-12-35-17-21/h6-9,13-15,20-21H,4-5,10-12,16-17H2,1-3H3/t20-,21-/m0/s1. The van der Waals surface area contributed by atoms with Crippen LogP contribution < -0.4 is 10.6 Å². The molecular weight excluding hydrogens is 440 g/mol. The predicted octanol–water partition coefficient (Wildman–Crippen LogP) is 3.44. The third-order valence-electron chi connectivity index (χ3n) is 7.72. The van der Waals surface area contributed by atoms with Crippen molar-refractivity contribution in [2.24, 2.45) is 7.05 Å². The number of rotatable bonds is 4. The molecule has 0 N–H and O–H groups in total. The van der Waals surface area contributed by atoms with E-state index in [2.05, 4.69) is 53.1 Å². The lowest BCUT2D eigenvalue weighted by molar-refractivity contribution is 0.0593. The smallest absolute Gasteiger partial charge is 0.329 e. The van der Waals surface area contributed by atoms with E-state index in [9.17, 15) is 4.79 Å². The first kappa shape index (κ1) is 22.2. The van der Waals surface area contributed by atoms with Crippen molar-refractivity contribution in [2.45, 2.75) is 31.3 Å². The molecule has 2 aliphatic rings. The van der Waals surface area contributed by atoms with Crippen molar-refractivity contribution in [1.29, 1.82) is 0 Å². The highest BCUT2D eigenvalue weighted by atomic mass is 16.5. The zero-order valence-electron chi connectivity index (χ0n) is 20.6. The van der Waals surface area contributed by atoms with E-state index in [1.54, 1.807) is 4.57 Å². The number of aromatic nitrogens is 4. The van der Waals surface area contributed by atoms with Gasteiger partial charge in [-0.1, -0.05) is 6.07 Å². The fraction of sp³-hybridized carbons (Fsp3) is 0.444. The number of benzene rings is 1. The van der Waals surface area contributed by atoms with E-state index >= 15 is 0 Å². The number of nitrogens with zero attached hydrogens (tertiary/aromatic N) is 6. The van der Waals surface area contributed by atoms with Gasteiger partial charge in [0, 0.05) is 49.9 Å². The lowest BCUT2D eigenvalue weighted by Crippen LogP contribution is -2.31. The van der Waals surface area contributed by atoms with Gasteiger partial charge in [-0.2, -0.15) is 0 Å². The maximum Gasteiger partial charge on any atom is 0.329 e. The van der Waals surface area contributed by atoms with Crippen LogP contribution in [0.5, 0.6) is 0 Å². The van der Waals surface area contributed by atoms with Gasteiger partial charge in [0.1, 0.15) is 5.82 Å². The zero-order valence-corrected chi connectivity index (χ0v) is 20.6. The van der Waals surface area contributed by atoms with Crippen molar-refractivity contribution < 1.29 is 4.74 Å². The minimum atomic E-state index is -0.0112. The van der Waals surface area contributed by atoms with Gasteiger partial charge in [0.25, 0.3) is 0 Å². The van der Waals surface area contributed by atoms with Gasteiger partial charge in [0.05, 0.1) is 35.4 Å². The van der Waals surface area contributed by atoms with Crippen LogP contribution >= 0.6 is 0 Å². The summed E-state index contributed by atoms with van der Waals surface area (Å²) in [5, 5.41) is 0.987. The third-order valence-corrected chi connectivity index (χ3v) is 7.72. The van der Waals surface area contributed by atoms with Crippen LogP contribution in [0.4, 0.5) is 5.82 Å². The molecule has 2 aliphatic heterocycles. The largest absolute Gasteiger partial charge is 0.379 e. The Labute approximate surface area is 204 Å². The Morgan fingerprint density at radius 3 is 2.63 bits per heavy atom. The van der Waals surface area contributed by atoms with Crippen molar-refractivity contribution in [3.63, 3.8) is 0 Å². The molecule has 0 radical (unpaired) electrons. The Kier molecular flexibility index (Phi) is 5.57. The number of imidazole rings is 1. The summed E-state index contributed by atoms with van der Waals surface area (Å²) in [6, 6.07) is 11.2. The molecule has 8 heteroatoms. The fourth-order valence-electron chi connectivity index (χ4n) is 5.59. The maximum atomic E-state index is 13.2. The van der Waals surface area contributed by atoms with Crippen LogP contribution in [-0.2, 0) is 11.8 Å². The van der Waals surface area contributed by atoms with E-state index in [1.165, 1.54) is 0 Å². The van der Waals surface area contributed by atoms with Gasteiger partial charge in [-0.3, -0.25) is 14.1 Å². The summed E-state index contributed by atoms with van der Waals surface area (Å²) in [5.41, 5.74) is 4.79. The summed E-state index contributed by atoms with van der Waals surface area (Å²) in [5.74, 6) is 1.03. The third kappa shape index (κ3) is 3.81. The average molecular weight is 473 g/mol. The molecule has 4 aromatic rings. The lowest BCUT2D eigenvalue weighted by atomic mass is 10.0. The molecule has 8 nitrogen and oxygen atoms in total. The molecule has 182 valence electrons. The molecule has 5 heterocycles. The molecular formula is C27H32N6O2. The number of ether oxygens (including phenoxy) is 1. The van der Waals surface area contributed by atoms with Crippen molar-refractivity contribution in [3.8, 4) is 11.1 Å². The Morgan fingerprint density at radius 2 is 1.91 bits per heavy atom. The van der Waals surface area contributed by atoms with Gasteiger partial charge in [-0.05, 0) is 63.2 Å². The summed E-state index contributed by atoms with van der Waals surface area (Å²) in [6.07, 6.45) is 6.84. The van der Waals surface area contributed by atoms with E-state index in [4.69, 9.17) is 9.72 Å². The molecule has 0 amide bonds. The van der Waals surface area contributed by atoms with Crippen molar-refractivity contribution >= 4 is 27.8 Å². The second-order valence-electron chi connectivity index (χ2n) is 10.1. The number of pyridine rings is 2. The topological polar surface area (TPSA) is 68.4 Å². The second-order valence-corrected chi connectivity index (χ2v) is 10.1. The quantitative estimate of drug-likeness (QED) is 0.453. The van der Waals surface area contributed by atoms with Crippen LogP contribution in [-0.4, -0.2) is 70.4 Å². The molecule has 2 fully saturated rings. The minimum absolute atomic E-state index is 0.0112. The molecule has 0 unspecified atom stereocenters. The summed E-state index contributed by atoms with van der Waals surface area (Å²) in [7, 11) is 6.11. The lowest BCUT2D eigenvalue weighted by Gasteiger charge is -2.23. The first-order valence-corrected chi connectivity index (χ1v) is 12.5. The number of hydrogen-bond acceptors (Lipinski definition) is 6. The minimum Gasteiger partial charge on any atom is -0.379 e. The van der Waals surface area contributed by atoms with Crippen LogP contribution in [0.15, 0.2) is 47.5 Å². The van der Waals surface area contributed by atoms with Gasteiger partial charge in [-0.25, -0.2) is 9.78 Å². The molecule has 0 spiro atoms. The van der Waals surface area contributed by atoms with Crippen LogP contribution in [0.1, 0.15) is 25.3 Å². The monoisotopic (exact) mass is 472 g/mol. The van der Waals surface area contributed by atoms with Gasteiger partial charge in [-0.15, -0.1) is 0 Å². The summed E-state index contributed by atoms with van der Waals surface area (Å²) in [4.78, 5) is 27.4. The zero-order chi connectivity index (χ0) is 24.1.